The molecule has 0 radical (unpaired) electrons. The van der Waals surface area contributed by atoms with Gasteiger partial charge in [-0.3, -0.25) is 0 Å². The van der Waals surface area contributed by atoms with E-state index in [-0.39, 0.29) is 0 Å². The number of alkyl halides is 1. The molecule has 0 aliphatic rings. The quantitative estimate of drug-likeness (QED) is 0.651. The molecular weight excluding hydrogens is 360 g/mol. The summed E-state index contributed by atoms with van der Waals surface area (Å²) >= 11 is 21.1. The molecule has 0 aliphatic carbocycles. The van der Waals surface area contributed by atoms with Crippen LogP contribution < -0.4 is 4.74 Å². The van der Waals surface area contributed by atoms with Crippen LogP contribution in [0.1, 0.15) is 5.56 Å². The monoisotopic (exact) mass is 365 g/mol. The van der Waals surface area contributed by atoms with Crippen molar-refractivity contribution < 1.29 is 4.74 Å². The SMILES string of the molecule is ClCc1cc(Br)cnc1Oc1cc(Cl)ccc1Cl. The fraction of sp³-hybridized carbons (Fsp3) is 0.0833. The van der Waals surface area contributed by atoms with Gasteiger partial charge < -0.3 is 4.74 Å². The maximum atomic E-state index is 6.02. The van der Waals surface area contributed by atoms with E-state index in [0.717, 1.165) is 10.0 Å². The Morgan fingerprint density at radius 1 is 1.22 bits per heavy atom. The van der Waals surface area contributed by atoms with Crippen molar-refractivity contribution in [2.24, 2.45) is 0 Å². The molecule has 0 amide bonds. The minimum absolute atomic E-state index is 0.292. The Hall–Kier alpha value is -0.480. The molecular formula is C12H7BrCl3NO. The second-order valence-corrected chi connectivity index (χ2v) is 5.45. The highest BCUT2D eigenvalue weighted by Gasteiger charge is 2.10. The van der Waals surface area contributed by atoms with Gasteiger partial charge in [0.2, 0.25) is 5.88 Å². The first-order chi connectivity index (χ1) is 8.60. The lowest BCUT2D eigenvalue weighted by atomic mass is 10.3. The summed E-state index contributed by atoms with van der Waals surface area (Å²) in [5.74, 6) is 1.16. The lowest BCUT2D eigenvalue weighted by molar-refractivity contribution is 0.458. The van der Waals surface area contributed by atoms with Gasteiger partial charge in [0, 0.05) is 27.3 Å². The fourth-order valence-corrected chi connectivity index (χ4v) is 2.20. The lowest BCUT2D eigenvalue weighted by Crippen LogP contribution is -1.93. The van der Waals surface area contributed by atoms with E-state index in [0.29, 0.717) is 27.6 Å². The van der Waals surface area contributed by atoms with E-state index in [4.69, 9.17) is 39.5 Å². The third-order valence-electron chi connectivity index (χ3n) is 2.14. The number of benzene rings is 1. The van der Waals surface area contributed by atoms with Crippen LogP contribution in [-0.2, 0) is 5.88 Å². The number of halogens is 4. The second kappa shape index (κ2) is 6.11. The number of pyridine rings is 1. The Kier molecular flexibility index (Phi) is 4.73. The molecule has 2 aromatic rings. The summed E-state index contributed by atoms with van der Waals surface area (Å²) in [6.07, 6.45) is 1.63. The zero-order chi connectivity index (χ0) is 13.1. The Labute approximate surface area is 128 Å². The van der Waals surface area contributed by atoms with Gasteiger partial charge in [-0.2, -0.15) is 0 Å². The average Bonchev–Trinajstić information content (AvgIpc) is 2.36. The van der Waals surface area contributed by atoms with Crippen LogP contribution in [0.2, 0.25) is 10.0 Å². The molecule has 0 spiro atoms. The van der Waals surface area contributed by atoms with E-state index in [1.54, 1.807) is 24.4 Å². The first-order valence-electron chi connectivity index (χ1n) is 4.93. The largest absolute Gasteiger partial charge is 0.437 e. The van der Waals surface area contributed by atoms with Gasteiger partial charge in [-0.15, -0.1) is 11.6 Å². The molecule has 1 heterocycles. The molecule has 6 heteroatoms. The van der Waals surface area contributed by atoms with Crippen molar-refractivity contribution in [1.29, 1.82) is 0 Å². The fourth-order valence-electron chi connectivity index (χ4n) is 1.32. The van der Waals surface area contributed by atoms with E-state index >= 15 is 0 Å². The van der Waals surface area contributed by atoms with Gasteiger partial charge >= 0.3 is 0 Å². The zero-order valence-corrected chi connectivity index (χ0v) is 12.8. The molecule has 18 heavy (non-hydrogen) atoms. The smallest absolute Gasteiger partial charge is 0.223 e. The third kappa shape index (κ3) is 3.29. The topological polar surface area (TPSA) is 22.1 Å². The molecule has 0 aliphatic heterocycles. The van der Waals surface area contributed by atoms with E-state index < -0.39 is 0 Å². The van der Waals surface area contributed by atoms with Gasteiger partial charge in [0.05, 0.1) is 10.9 Å². The molecule has 0 atom stereocenters. The lowest BCUT2D eigenvalue weighted by Gasteiger charge is -2.10. The van der Waals surface area contributed by atoms with Gasteiger partial charge in [-0.05, 0) is 34.1 Å². The van der Waals surface area contributed by atoms with Crippen LogP contribution >= 0.6 is 50.7 Å². The molecule has 1 aromatic carbocycles. The number of rotatable bonds is 3. The average molecular weight is 367 g/mol. The van der Waals surface area contributed by atoms with Crippen molar-refractivity contribution in [2.45, 2.75) is 5.88 Å². The molecule has 2 nitrogen and oxygen atoms in total. The number of hydrogen-bond acceptors (Lipinski definition) is 2. The summed E-state index contributed by atoms with van der Waals surface area (Å²) in [5, 5.41) is 1.00. The Bertz CT molecular complexity index is 577. The van der Waals surface area contributed by atoms with Crippen LogP contribution in [0.4, 0.5) is 0 Å². The minimum atomic E-state index is 0.292. The molecule has 0 saturated carbocycles. The molecule has 0 fully saturated rings. The van der Waals surface area contributed by atoms with Crippen LogP contribution in [0, 0.1) is 0 Å². The summed E-state index contributed by atoms with van der Waals surface area (Å²) in [6.45, 7) is 0. The van der Waals surface area contributed by atoms with Crippen LogP contribution in [0.5, 0.6) is 11.6 Å². The highest BCUT2D eigenvalue weighted by atomic mass is 79.9. The highest BCUT2D eigenvalue weighted by molar-refractivity contribution is 9.10. The molecule has 0 unspecified atom stereocenters. The third-order valence-corrected chi connectivity index (χ3v) is 3.40. The van der Waals surface area contributed by atoms with Crippen molar-refractivity contribution in [2.75, 3.05) is 0 Å². The number of hydrogen-bond donors (Lipinski definition) is 0. The molecule has 0 bridgehead atoms. The summed E-state index contributed by atoms with van der Waals surface area (Å²) in [4.78, 5) is 4.16. The minimum Gasteiger partial charge on any atom is -0.437 e. The van der Waals surface area contributed by atoms with Crippen LogP contribution in [-0.4, -0.2) is 4.98 Å². The summed E-state index contributed by atoms with van der Waals surface area (Å²) in [5.41, 5.74) is 0.766. The molecule has 94 valence electrons. The predicted molar refractivity (Wildman–Crippen MR) is 78.0 cm³/mol. The maximum absolute atomic E-state index is 6.02. The van der Waals surface area contributed by atoms with Crippen molar-refractivity contribution in [1.82, 2.24) is 4.98 Å². The van der Waals surface area contributed by atoms with Gasteiger partial charge in [-0.25, -0.2) is 4.98 Å². The zero-order valence-electron chi connectivity index (χ0n) is 8.96. The number of ether oxygens (including phenoxy) is 1. The van der Waals surface area contributed by atoms with Crippen molar-refractivity contribution >= 4 is 50.7 Å². The van der Waals surface area contributed by atoms with Crippen LogP contribution in [0.15, 0.2) is 34.9 Å². The number of aromatic nitrogens is 1. The highest BCUT2D eigenvalue weighted by Crippen LogP contribution is 2.33. The van der Waals surface area contributed by atoms with E-state index in [9.17, 15) is 0 Å². The van der Waals surface area contributed by atoms with Gasteiger partial charge in [-0.1, -0.05) is 23.2 Å². The van der Waals surface area contributed by atoms with Crippen LogP contribution in [0.25, 0.3) is 0 Å². The van der Waals surface area contributed by atoms with Crippen molar-refractivity contribution in [3.8, 4) is 11.6 Å². The standard InChI is InChI=1S/C12H7BrCl3NO/c13-8-3-7(5-14)12(17-6-8)18-11-4-9(15)1-2-10(11)16/h1-4,6H,5H2. The summed E-state index contributed by atoms with van der Waals surface area (Å²) < 4.78 is 6.47. The van der Waals surface area contributed by atoms with Gasteiger partial charge in [0.15, 0.2) is 0 Å². The molecule has 2 rings (SSSR count). The number of nitrogens with zero attached hydrogens (tertiary/aromatic N) is 1. The van der Waals surface area contributed by atoms with Gasteiger partial charge in [0.25, 0.3) is 0 Å². The Morgan fingerprint density at radius 3 is 2.72 bits per heavy atom. The van der Waals surface area contributed by atoms with E-state index in [1.807, 2.05) is 6.07 Å². The summed E-state index contributed by atoms with van der Waals surface area (Å²) in [6, 6.07) is 6.83. The van der Waals surface area contributed by atoms with E-state index in [2.05, 4.69) is 20.9 Å². The van der Waals surface area contributed by atoms with Crippen molar-refractivity contribution in [3.05, 3.63) is 50.5 Å². The van der Waals surface area contributed by atoms with Crippen molar-refractivity contribution in [3.63, 3.8) is 0 Å². The first kappa shape index (κ1) is 13.9. The normalized spacial score (nSPS) is 10.4. The predicted octanol–water partition coefficient (Wildman–Crippen LogP) is 5.68. The first-order valence-corrected chi connectivity index (χ1v) is 7.02. The summed E-state index contributed by atoms with van der Waals surface area (Å²) in [7, 11) is 0. The van der Waals surface area contributed by atoms with E-state index in [1.165, 1.54) is 0 Å². The molecule has 0 N–H and O–H groups in total. The van der Waals surface area contributed by atoms with Gasteiger partial charge in [0.1, 0.15) is 5.75 Å². The van der Waals surface area contributed by atoms with Crippen LogP contribution in [0.3, 0.4) is 0 Å². The molecule has 0 saturated heterocycles. The molecule has 1 aromatic heterocycles. The Morgan fingerprint density at radius 2 is 2.00 bits per heavy atom. The maximum Gasteiger partial charge on any atom is 0.223 e. The second-order valence-electron chi connectivity index (χ2n) is 3.43. The Balaban J connectivity index is 2.36.